The molecule has 8 nitrogen and oxygen atoms in total. The van der Waals surface area contributed by atoms with Gasteiger partial charge in [0.1, 0.15) is 10.7 Å². The van der Waals surface area contributed by atoms with E-state index in [2.05, 4.69) is 78.8 Å². The van der Waals surface area contributed by atoms with E-state index in [0.717, 1.165) is 50.0 Å². The van der Waals surface area contributed by atoms with Gasteiger partial charge in [-0.2, -0.15) is 0 Å². The van der Waals surface area contributed by atoms with Crippen LogP contribution in [-0.4, -0.2) is 65.4 Å². The minimum absolute atomic E-state index is 0.0167. The van der Waals surface area contributed by atoms with Crippen LogP contribution in [0.2, 0.25) is 5.02 Å². The van der Waals surface area contributed by atoms with Crippen LogP contribution in [0.1, 0.15) is 98.1 Å². The van der Waals surface area contributed by atoms with E-state index >= 15 is 0 Å². The SMILES string of the molecule is Cc1nc2ccccc2n1C1CC2CCC(C1)N2CCC1(c2ccc(C(C)C)cc2)CCN(C(=O)c2ccc(Cl)c(S(N)(=O)=O)c2)CC1. The summed E-state index contributed by atoms with van der Waals surface area (Å²) in [5, 5.41) is 5.39. The first-order valence-electron chi connectivity index (χ1n) is 17.3. The van der Waals surface area contributed by atoms with E-state index in [0.29, 0.717) is 37.1 Å². The van der Waals surface area contributed by atoms with Crippen molar-refractivity contribution in [2.24, 2.45) is 5.14 Å². The summed E-state index contributed by atoms with van der Waals surface area (Å²) >= 11 is 6.10. The van der Waals surface area contributed by atoms with Gasteiger partial charge in [-0.3, -0.25) is 9.69 Å². The number of sulfonamides is 1. The molecule has 2 N–H and O–H groups in total. The maximum Gasteiger partial charge on any atom is 0.253 e. The molecule has 4 aromatic rings. The molecular formula is C38H46ClN5O3S. The summed E-state index contributed by atoms with van der Waals surface area (Å²) in [4.78, 5) is 22.9. The van der Waals surface area contributed by atoms with Crippen molar-refractivity contribution in [1.82, 2.24) is 19.4 Å². The van der Waals surface area contributed by atoms with E-state index in [1.54, 1.807) is 6.07 Å². The summed E-state index contributed by atoms with van der Waals surface area (Å²) in [6.45, 7) is 8.83. The van der Waals surface area contributed by atoms with Crippen molar-refractivity contribution in [2.45, 2.75) is 100 Å². The fourth-order valence-corrected chi connectivity index (χ4v) is 9.94. The third kappa shape index (κ3) is 6.19. The topological polar surface area (TPSA) is 102 Å². The third-order valence-corrected chi connectivity index (χ3v) is 12.9. The van der Waals surface area contributed by atoms with E-state index in [9.17, 15) is 13.2 Å². The lowest BCUT2D eigenvalue weighted by Gasteiger charge is -2.46. The number of benzene rings is 3. The van der Waals surface area contributed by atoms with Crippen molar-refractivity contribution in [3.63, 3.8) is 0 Å². The minimum atomic E-state index is -4.05. The number of imidazole rings is 1. The van der Waals surface area contributed by atoms with Crippen LogP contribution < -0.4 is 5.14 Å². The number of fused-ring (bicyclic) bond motifs is 3. The van der Waals surface area contributed by atoms with Gasteiger partial charge in [-0.1, -0.05) is 61.8 Å². The van der Waals surface area contributed by atoms with Gasteiger partial charge in [-0.05, 0) is 111 Å². The summed E-state index contributed by atoms with van der Waals surface area (Å²) in [5.41, 5.74) is 5.25. The summed E-state index contributed by atoms with van der Waals surface area (Å²) in [6, 6.07) is 23.6. The molecule has 3 fully saturated rings. The number of halogens is 1. The average Bonchev–Trinajstić information content (AvgIpc) is 3.53. The van der Waals surface area contributed by atoms with Crippen LogP contribution in [0.4, 0.5) is 0 Å². The predicted octanol–water partition coefficient (Wildman–Crippen LogP) is 7.20. The molecule has 4 heterocycles. The van der Waals surface area contributed by atoms with Crippen LogP contribution >= 0.6 is 11.6 Å². The Morgan fingerprint density at radius 3 is 2.29 bits per heavy atom. The lowest BCUT2D eigenvalue weighted by atomic mass is 9.70. The molecule has 0 aliphatic carbocycles. The number of hydrogen-bond donors (Lipinski definition) is 1. The number of aromatic nitrogens is 2. The molecule has 254 valence electrons. The molecule has 0 radical (unpaired) electrons. The number of para-hydroxylation sites is 2. The van der Waals surface area contributed by atoms with E-state index in [4.69, 9.17) is 21.7 Å². The Hall–Kier alpha value is -3.24. The monoisotopic (exact) mass is 687 g/mol. The molecule has 0 saturated carbocycles. The number of aryl methyl sites for hydroxylation is 1. The maximum absolute atomic E-state index is 13.6. The molecule has 3 aliphatic heterocycles. The highest BCUT2D eigenvalue weighted by Crippen LogP contribution is 2.45. The number of carbonyl (C=O) groups excluding carboxylic acids is 1. The van der Waals surface area contributed by atoms with Crippen molar-refractivity contribution in [3.8, 4) is 0 Å². The maximum atomic E-state index is 13.6. The smallest absolute Gasteiger partial charge is 0.253 e. The normalized spacial score (nSPS) is 22.9. The Kier molecular flexibility index (Phi) is 8.94. The van der Waals surface area contributed by atoms with Gasteiger partial charge in [0.25, 0.3) is 5.91 Å². The number of piperidine rings is 2. The van der Waals surface area contributed by atoms with Crippen molar-refractivity contribution in [1.29, 1.82) is 0 Å². The minimum Gasteiger partial charge on any atom is -0.339 e. The van der Waals surface area contributed by atoms with E-state index in [1.165, 1.54) is 41.6 Å². The molecule has 1 amide bonds. The second-order valence-corrected chi connectivity index (χ2v) is 16.5. The van der Waals surface area contributed by atoms with Crippen LogP contribution in [0.5, 0.6) is 0 Å². The number of nitrogens with two attached hydrogens (primary N) is 1. The lowest BCUT2D eigenvalue weighted by molar-refractivity contribution is 0.0606. The van der Waals surface area contributed by atoms with Gasteiger partial charge in [-0.15, -0.1) is 0 Å². The summed E-state index contributed by atoms with van der Waals surface area (Å²) < 4.78 is 26.6. The lowest BCUT2D eigenvalue weighted by Crippen LogP contribution is -2.49. The highest BCUT2D eigenvalue weighted by atomic mass is 35.5. The van der Waals surface area contributed by atoms with Gasteiger partial charge in [0.2, 0.25) is 10.0 Å². The fourth-order valence-electron chi connectivity index (χ4n) is 8.87. The number of likely N-dealkylation sites (tertiary alicyclic amines) is 1. The van der Waals surface area contributed by atoms with Gasteiger partial charge in [0, 0.05) is 36.8 Å². The van der Waals surface area contributed by atoms with E-state index in [1.807, 2.05) is 4.90 Å². The van der Waals surface area contributed by atoms with Gasteiger partial charge >= 0.3 is 0 Å². The highest BCUT2D eigenvalue weighted by Gasteiger charge is 2.44. The molecule has 0 spiro atoms. The number of amides is 1. The highest BCUT2D eigenvalue weighted by molar-refractivity contribution is 7.89. The summed E-state index contributed by atoms with van der Waals surface area (Å²) in [5.74, 6) is 1.38. The van der Waals surface area contributed by atoms with Crippen LogP contribution in [0.3, 0.4) is 0 Å². The number of rotatable bonds is 8. The molecule has 10 heteroatoms. The zero-order valence-electron chi connectivity index (χ0n) is 28.1. The number of hydrogen-bond acceptors (Lipinski definition) is 5. The van der Waals surface area contributed by atoms with Crippen molar-refractivity contribution < 1.29 is 13.2 Å². The number of primary sulfonamides is 1. The van der Waals surface area contributed by atoms with Gasteiger partial charge in [0.15, 0.2) is 0 Å². The van der Waals surface area contributed by atoms with E-state index in [-0.39, 0.29) is 26.8 Å². The quantitative estimate of drug-likeness (QED) is 0.211. The van der Waals surface area contributed by atoms with Crippen molar-refractivity contribution in [3.05, 3.63) is 94.3 Å². The van der Waals surface area contributed by atoms with Gasteiger partial charge in [-0.25, -0.2) is 18.5 Å². The molecule has 48 heavy (non-hydrogen) atoms. The Morgan fingerprint density at radius 1 is 0.979 bits per heavy atom. The third-order valence-electron chi connectivity index (χ3n) is 11.5. The second-order valence-electron chi connectivity index (χ2n) is 14.6. The average molecular weight is 688 g/mol. The Morgan fingerprint density at radius 2 is 1.65 bits per heavy atom. The molecule has 2 unspecified atom stereocenters. The van der Waals surface area contributed by atoms with Gasteiger partial charge in [0.05, 0.1) is 16.1 Å². The van der Waals surface area contributed by atoms with Crippen LogP contribution in [-0.2, 0) is 15.4 Å². The Balaban J connectivity index is 1.09. The Labute approximate surface area is 289 Å². The summed E-state index contributed by atoms with van der Waals surface area (Å²) in [7, 11) is -4.05. The number of nitrogens with zero attached hydrogens (tertiary/aromatic N) is 4. The molecule has 3 aliphatic rings. The molecule has 7 rings (SSSR count). The first-order valence-corrected chi connectivity index (χ1v) is 19.3. The fraction of sp³-hybridized carbons (Fsp3) is 0.474. The molecule has 1 aromatic heterocycles. The summed E-state index contributed by atoms with van der Waals surface area (Å²) in [6.07, 6.45) is 7.52. The predicted molar refractivity (Wildman–Crippen MR) is 191 cm³/mol. The van der Waals surface area contributed by atoms with E-state index < -0.39 is 10.0 Å². The van der Waals surface area contributed by atoms with Crippen LogP contribution in [0.15, 0.2) is 71.6 Å². The van der Waals surface area contributed by atoms with Crippen molar-refractivity contribution >= 4 is 38.6 Å². The van der Waals surface area contributed by atoms with Gasteiger partial charge < -0.3 is 9.47 Å². The first-order chi connectivity index (χ1) is 22.9. The second kappa shape index (κ2) is 12.9. The van der Waals surface area contributed by atoms with Crippen LogP contribution in [0.25, 0.3) is 11.0 Å². The first kappa shape index (κ1) is 33.3. The number of carbonyl (C=O) groups is 1. The zero-order chi connectivity index (χ0) is 33.8. The molecule has 2 atom stereocenters. The zero-order valence-corrected chi connectivity index (χ0v) is 29.7. The molecular weight excluding hydrogens is 642 g/mol. The molecule has 3 saturated heterocycles. The molecule has 3 aromatic carbocycles. The van der Waals surface area contributed by atoms with Crippen LogP contribution in [0, 0.1) is 6.92 Å². The van der Waals surface area contributed by atoms with Crippen molar-refractivity contribution in [2.75, 3.05) is 19.6 Å². The standard InChI is InChI=1S/C38H46ClN5O3S/c1-25(2)27-8-11-29(12-9-27)38(16-19-42(20-17-38)37(45)28-10-15-33(39)36(22-28)48(40,46)47)18-21-43-30-13-14-31(43)24-32(23-30)44-26(3)41-34-6-4-5-7-35(34)44/h4-12,15,22,25,30-32H,13-14,16-21,23-24H2,1-3H3,(H2,40,46,47). The molecule has 2 bridgehead atoms. The largest absolute Gasteiger partial charge is 0.339 e. The Bertz CT molecular complexity index is 1920.